The molecule has 10 heteroatoms. The van der Waals surface area contributed by atoms with Crippen molar-refractivity contribution in [3.8, 4) is 17.1 Å². The molecule has 1 amide bonds. The molecule has 0 saturated carbocycles. The Labute approximate surface area is 189 Å². The molecule has 4 rings (SSSR count). The molecule has 0 aliphatic rings. The zero-order chi connectivity index (χ0) is 22.9. The molecule has 2 aromatic carbocycles. The van der Waals surface area contributed by atoms with Gasteiger partial charge in [-0.2, -0.15) is 5.10 Å². The second kappa shape index (κ2) is 8.62. The van der Waals surface area contributed by atoms with Crippen LogP contribution in [0.4, 0.5) is 0 Å². The molecule has 164 valence electrons. The summed E-state index contributed by atoms with van der Waals surface area (Å²) in [5, 5.41) is 13.0. The monoisotopic (exact) mass is 470 g/mol. The van der Waals surface area contributed by atoms with E-state index in [2.05, 4.69) is 10.4 Å². The van der Waals surface area contributed by atoms with E-state index in [1.165, 1.54) is 12.1 Å². The minimum atomic E-state index is -3.78. The number of carbonyl (C=O) groups excluding carboxylic acids is 1. The molecule has 2 aromatic heterocycles. The summed E-state index contributed by atoms with van der Waals surface area (Å²) in [5.74, 6) is 0.159. The molecule has 0 saturated heterocycles. The van der Waals surface area contributed by atoms with Crippen LogP contribution in [0.25, 0.3) is 17.1 Å². The van der Waals surface area contributed by atoms with Crippen LogP contribution in [-0.2, 0) is 10.0 Å². The van der Waals surface area contributed by atoms with Crippen molar-refractivity contribution in [2.45, 2.75) is 17.9 Å². The molecule has 32 heavy (non-hydrogen) atoms. The first kappa shape index (κ1) is 21.8. The van der Waals surface area contributed by atoms with Gasteiger partial charge < -0.3 is 9.73 Å². The second-order valence-corrected chi connectivity index (χ2v) is 9.09. The number of furan rings is 1. The third-order valence-corrected chi connectivity index (χ3v) is 6.02. The van der Waals surface area contributed by atoms with Gasteiger partial charge in [-0.3, -0.25) is 4.79 Å². The maximum atomic E-state index is 12.9. The van der Waals surface area contributed by atoms with E-state index in [9.17, 15) is 13.2 Å². The topological polar surface area (TPSA) is 120 Å². The Morgan fingerprint density at radius 3 is 2.41 bits per heavy atom. The number of carbonyl (C=O) groups is 1. The fraction of sp³-hybridized carbons (Fsp3) is 0.0909. The Morgan fingerprint density at radius 1 is 1.12 bits per heavy atom. The molecule has 8 nitrogen and oxygen atoms in total. The average Bonchev–Trinajstić information content (AvgIpc) is 3.44. The predicted molar refractivity (Wildman–Crippen MR) is 120 cm³/mol. The lowest BCUT2D eigenvalue weighted by Gasteiger charge is -2.13. The highest BCUT2D eigenvalue weighted by molar-refractivity contribution is 7.89. The zero-order valence-electron chi connectivity index (χ0n) is 16.9. The summed E-state index contributed by atoms with van der Waals surface area (Å²) in [6.45, 7) is 1.79. The highest BCUT2D eigenvalue weighted by Gasteiger charge is 2.20. The molecular weight excluding hydrogens is 452 g/mol. The third-order valence-electron chi connectivity index (χ3n) is 4.84. The predicted octanol–water partition coefficient (Wildman–Crippen LogP) is 3.92. The SMILES string of the molecule is CC(NC(=O)c1cc(-c2ccco2)n(-c2ccc(Cl)cc2)n1)c1ccc(S(N)(=O)=O)cc1. The summed E-state index contributed by atoms with van der Waals surface area (Å²) in [6, 6.07) is 17.8. The Kier molecular flexibility index (Phi) is 5.88. The average molecular weight is 471 g/mol. The maximum absolute atomic E-state index is 12.9. The minimum absolute atomic E-state index is 0.00423. The number of amides is 1. The smallest absolute Gasteiger partial charge is 0.272 e. The van der Waals surface area contributed by atoms with E-state index in [1.54, 1.807) is 72.5 Å². The third kappa shape index (κ3) is 4.59. The lowest BCUT2D eigenvalue weighted by molar-refractivity contribution is 0.0934. The van der Waals surface area contributed by atoms with Gasteiger partial charge in [-0.25, -0.2) is 18.2 Å². The van der Waals surface area contributed by atoms with Crippen LogP contribution in [0.5, 0.6) is 0 Å². The van der Waals surface area contributed by atoms with E-state index < -0.39 is 22.0 Å². The molecule has 0 spiro atoms. The standard InChI is InChI=1S/C22H19ClN4O4S/c1-14(15-4-10-18(11-5-15)32(24,29)30)25-22(28)19-13-20(21-3-2-12-31-21)27(26-19)17-8-6-16(23)7-9-17/h2-14H,1H3,(H,25,28)(H2,24,29,30). The number of rotatable bonds is 6. The number of benzene rings is 2. The number of nitrogens with zero attached hydrogens (tertiary/aromatic N) is 2. The lowest BCUT2D eigenvalue weighted by atomic mass is 10.1. The first-order valence-corrected chi connectivity index (χ1v) is 11.5. The summed E-state index contributed by atoms with van der Waals surface area (Å²) < 4.78 is 30.0. The van der Waals surface area contributed by atoms with Gasteiger partial charge in [0.1, 0.15) is 5.69 Å². The van der Waals surface area contributed by atoms with Crippen molar-refractivity contribution in [3.63, 3.8) is 0 Å². The van der Waals surface area contributed by atoms with Crippen molar-refractivity contribution < 1.29 is 17.6 Å². The van der Waals surface area contributed by atoms with Crippen LogP contribution in [0.1, 0.15) is 29.0 Å². The van der Waals surface area contributed by atoms with Gasteiger partial charge >= 0.3 is 0 Å². The van der Waals surface area contributed by atoms with E-state index in [4.69, 9.17) is 21.2 Å². The maximum Gasteiger partial charge on any atom is 0.272 e. The fourth-order valence-corrected chi connectivity index (χ4v) is 3.81. The quantitative estimate of drug-likeness (QED) is 0.442. The first-order chi connectivity index (χ1) is 15.2. The van der Waals surface area contributed by atoms with Crippen LogP contribution in [0, 0.1) is 0 Å². The van der Waals surface area contributed by atoms with Gasteiger partial charge in [0.25, 0.3) is 5.91 Å². The fourth-order valence-electron chi connectivity index (χ4n) is 3.17. The molecule has 0 aliphatic carbocycles. The largest absolute Gasteiger partial charge is 0.463 e. The molecule has 1 unspecified atom stereocenters. The summed E-state index contributed by atoms with van der Waals surface area (Å²) in [4.78, 5) is 12.9. The van der Waals surface area contributed by atoms with Crippen LogP contribution in [0.15, 0.2) is 82.3 Å². The van der Waals surface area contributed by atoms with E-state index in [0.717, 1.165) is 0 Å². The molecule has 2 heterocycles. The van der Waals surface area contributed by atoms with Gasteiger partial charge in [-0.15, -0.1) is 0 Å². The van der Waals surface area contributed by atoms with E-state index in [-0.39, 0.29) is 10.6 Å². The van der Waals surface area contributed by atoms with Crippen molar-refractivity contribution >= 4 is 27.5 Å². The normalized spacial score (nSPS) is 12.5. The summed E-state index contributed by atoms with van der Waals surface area (Å²) in [5.41, 5.74) is 2.23. The van der Waals surface area contributed by atoms with Crippen LogP contribution in [0.2, 0.25) is 5.02 Å². The van der Waals surface area contributed by atoms with Gasteiger partial charge in [0.05, 0.1) is 22.9 Å². The van der Waals surface area contributed by atoms with Gasteiger partial charge in [-0.05, 0) is 61.0 Å². The van der Waals surface area contributed by atoms with E-state index >= 15 is 0 Å². The highest BCUT2D eigenvalue weighted by atomic mass is 35.5. The molecule has 4 aromatic rings. The van der Waals surface area contributed by atoms with Crippen molar-refractivity contribution in [3.05, 3.63) is 89.3 Å². The number of primary sulfonamides is 1. The summed E-state index contributed by atoms with van der Waals surface area (Å²) >= 11 is 5.99. The van der Waals surface area contributed by atoms with Crippen molar-refractivity contribution in [1.82, 2.24) is 15.1 Å². The number of nitrogens with one attached hydrogen (secondary N) is 1. The van der Waals surface area contributed by atoms with Crippen LogP contribution in [-0.4, -0.2) is 24.1 Å². The lowest BCUT2D eigenvalue weighted by Crippen LogP contribution is -2.27. The molecule has 0 aliphatic heterocycles. The number of sulfonamides is 1. The Bertz CT molecular complexity index is 1350. The first-order valence-electron chi connectivity index (χ1n) is 9.56. The number of halogens is 1. The zero-order valence-corrected chi connectivity index (χ0v) is 18.5. The van der Waals surface area contributed by atoms with Gasteiger partial charge in [-0.1, -0.05) is 23.7 Å². The van der Waals surface area contributed by atoms with Crippen molar-refractivity contribution in [2.24, 2.45) is 5.14 Å². The summed E-state index contributed by atoms with van der Waals surface area (Å²) in [6.07, 6.45) is 1.54. The molecule has 1 atom stereocenters. The Hall–Kier alpha value is -3.40. The molecule has 0 fully saturated rings. The van der Waals surface area contributed by atoms with Crippen molar-refractivity contribution in [1.29, 1.82) is 0 Å². The van der Waals surface area contributed by atoms with E-state index in [0.29, 0.717) is 27.7 Å². The van der Waals surface area contributed by atoms with Crippen LogP contribution in [0.3, 0.4) is 0 Å². The number of hydrogen-bond donors (Lipinski definition) is 2. The van der Waals surface area contributed by atoms with E-state index in [1.807, 2.05) is 0 Å². The van der Waals surface area contributed by atoms with Crippen LogP contribution >= 0.6 is 11.6 Å². The highest BCUT2D eigenvalue weighted by Crippen LogP contribution is 2.26. The van der Waals surface area contributed by atoms with Gasteiger partial charge in [0.15, 0.2) is 11.5 Å². The Morgan fingerprint density at radius 2 is 1.81 bits per heavy atom. The van der Waals surface area contributed by atoms with Crippen molar-refractivity contribution in [2.75, 3.05) is 0 Å². The number of hydrogen-bond acceptors (Lipinski definition) is 5. The number of aromatic nitrogens is 2. The number of nitrogens with two attached hydrogens (primary N) is 1. The molecule has 0 bridgehead atoms. The second-order valence-electron chi connectivity index (χ2n) is 7.09. The van der Waals surface area contributed by atoms with Crippen LogP contribution < -0.4 is 10.5 Å². The molecule has 3 N–H and O–H groups in total. The molecular formula is C22H19ClN4O4S. The molecule has 0 radical (unpaired) electrons. The van der Waals surface area contributed by atoms with Gasteiger partial charge in [0, 0.05) is 11.1 Å². The summed E-state index contributed by atoms with van der Waals surface area (Å²) in [7, 11) is -3.78. The van der Waals surface area contributed by atoms with Gasteiger partial charge in [0.2, 0.25) is 10.0 Å². The Balaban J connectivity index is 1.61. The minimum Gasteiger partial charge on any atom is -0.463 e.